The molecule has 2 aromatic heterocycles. The van der Waals surface area contributed by atoms with Gasteiger partial charge in [-0.25, -0.2) is 9.97 Å². The second-order valence-electron chi connectivity index (χ2n) is 5.61. The zero-order valence-electron chi connectivity index (χ0n) is 14.7. The topological polar surface area (TPSA) is 66.2 Å². The van der Waals surface area contributed by atoms with E-state index in [2.05, 4.69) is 9.97 Å². The van der Waals surface area contributed by atoms with Gasteiger partial charge in [-0.1, -0.05) is 24.3 Å². The van der Waals surface area contributed by atoms with Gasteiger partial charge in [-0.15, -0.1) is 22.7 Å². The van der Waals surface area contributed by atoms with Crippen molar-refractivity contribution in [3.8, 4) is 0 Å². The van der Waals surface area contributed by atoms with Gasteiger partial charge in [0, 0.05) is 28.6 Å². The van der Waals surface area contributed by atoms with Crippen molar-refractivity contribution in [2.24, 2.45) is 0 Å². The van der Waals surface area contributed by atoms with Crippen molar-refractivity contribution >= 4 is 55.3 Å². The summed E-state index contributed by atoms with van der Waals surface area (Å²) in [5.41, 5.74) is 1.97. The molecule has 0 fully saturated rings. The van der Waals surface area contributed by atoms with Crippen LogP contribution in [-0.4, -0.2) is 20.2 Å². The summed E-state index contributed by atoms with van der Waals surface area (Å²) in [7, 11) is 0. The Bertz CT molecular complexity index is 937. The number of hydrogen-bond acceptors (Lipinski definition) is 6. The van der Waals surface area contributed by atoms with Gasteiger partial charge in [0.05, 0.1) is 32.0 Å². The summed E-state index contributed by atoms with van der Waals surface area (Å²) in [5.74, 6) is 0.582. The second-order valence-corrected chi connectivity index (χ2v) is 7.74. The van der Waals surface area contributed by atoms with Crippen molar-refractivity contribution in [2.45, 2.75) is 13.8 Å². The number of aliphatic hydroxyl groups is 2. The van der Waals surface area contributed by atoms with Crippen molar-refractivity contribution in [2.75, 3.05) is 0 Å². The van der Waals surface area contributed by atoms with Gasteiger partial charge in [0.1, 0.15) is 10.0 Å². The van der Waals surface area contributed by atoms with Crippen LogP contribution in [0.1, 0.15) is 23.9 Å². The van der Waals surface area contributed by atoms with Gasteiger partial charge in [-0.2, -0.15) is 0 Å². The molecular weight excluding hydrogens is 423 g/mol. The van der Waals surface area contributed by atoms with Crippen LogP contribution in [0, 0.1) is 0 Å². The number of allylic oxidation sites excluding steroid dienone is 2. The van der Waals surface area contributed by atoms with E-state index >= 15 is 0 Å². The third kappa shape index (κ3) is 5.89. The molecule has 0 amide bonds. The van der Waals surface area contributed by atoms with Crippen molar-refractivity contribution in [1.29, 1.82) is 0 Å². The number of hydrogen-bond donors (Lipinski definition) is 2. The number of para-hydroxylation sites is 2. The first kappa shape index (κ1) is 21.1. The average molecular weight is 441 g/mol. The summed E-state index contributed by atoms with van der Waals surface area (Å²) in [6.07, 6.45) is 3.34. The SMILES string of the molecule is CC(O)=Cc1nc2ccccc2s1.CC(O)=Cc1nc2ccccc2s1.[Ni]. The van der Waals surface area contributed by atoms with E-state index in [1.54, 1.807) is 48.7 Å². The fourth-order valence-electron chi connectivity index (χ4n) is 2.26. The van der Waals surface area contributed by atoms with Crippen molar-refractivity contribution in [3.63, 3.8) is 0 Å². The maximum Gasteiger partial charge on any atom is 0.120 e. The molecular formula is C20H18N2NiO2S2. The molecule has 0 aliphatic rings. The molecule has 0 aliphatic heterocycles. The zero-order chi connectivity index (χ0) is 18.5. The summed E-state index contributed by atoms with van der Waals surface area (Å²) >= 11 is 3.16. The largest absolute Gasteiger partial charge is 0.513 e. The Balaban J connectivity index is 0.000000187. The smallest absolute Gasteiger partial charge is 0.120 e. The molecule has 0 bridgehead atoms. The van der Waals surface area contributed by atoms with Crippen molar-refractivity contribution in [1.82, 2.24) is 9.97 Å². The third-order valence-corrected chi connectivity index (χ3v) is 5.25. The first-order valence-corrected chi connectivity index (χ1v) is 9.60. The molecule has 0 radical (unpaired) electrons. The Kier molecular flexibility index (Phi) is 7.54. The van der Waals surface area contributed by atoms with Crippen LogP contribution in [0.25, 0.3) is 32.6 Å². The molecule has 4 nitrogen and oxygen atoms in total. The maximum absolute atomic E-state index is 9.06. The van der Waals surface area contributed by atoms with Crippen LogP contribution in [0.15, 0.2) is 60.0 Å². The molecule has 0 spiro atoms. The number of thiazole rings is 2. The van der Waals surface area contributed by atoms with Crippen LogP contribution < -0.4 is 0 Å². The van der Waals surface area contributed by atoms with E-state index < -0.39 is 0 Å². The van der Waals surface area contributed by atoms with Crippen molar-refractivity contribution < 1.29 is 26.7 Å². The second kappa shape index (κ2) is 9.65. The fraction of sp³-hybridized carbons (Fsp3) is 0.100. The number of aromatic nitrogens is 2. The first-order valence-electron chi connectivity index (χ1n) is 7.97. The van der Waals surface area contributed by atoms with Crippen LogP contribution in [0.5, 0.6) is 0 Å². The Morgan fingerprint density at radius 1 is 0.741 bits per heavy atom. The average Bonchev–Trinajstić information content (AvgIpc) is 3.16. The third-order valence-electron chi connectivity index (χ3n) is 3.29. The molecule has 2 N–H and O–H groups in total. The zero-order valence-corrected chi connectivity index (χ0v) is 17.3. The van der Waals surface area contributed by atoms with Gasteiger partial charge in [-0.3, -0.25) is 0 Å². The summed E-state index contributed by atoms with van der Waals surface area (Å²) in [5, 5.41) is 19.8. The standard InChI is InChI=1S/2C10H9NOS.Ni/c2*1-7(12)6-10-11-8-4-2-3-5-9(8)13-10;/h2*2-6,12H,1H3;. The van der Waals surface area contributed by atoms with E-state index in [1.807, 2.05) is 48.5 Å². The van der Waals surface area contributed by atoms with Crippen LogP contribution >= 0.6 is 22.7 Å². The Morgan fingerprint density at radius 2 is 1.11 bits per heavy atom. The van der Waals surface area contributed by atoms with Crippen LogP contribution in [0.3, 0.4) is 0 Å². The minimum Gasteiger partial charge on any atom is -0.513 e. The predicted octanol–water partition coefficient (Wildman–Crippen LogP) is 6.43. The maximum atomic E-state index is 9.06. The molecule has 0 atom stereocenters. The number of nitrogens with zero attached hydrogens (tertiary/aromatic N) is 2. The summed E-state index contributed by atoms with van der Waals surface area (Å²) in [4.78, 5) is 8.67. The minimum atomic E-state index is 0. The van der Waals surface area contributed by atoms with Crippen LogP contribution in [0.2, 0.25) is 0 Å². The Labute approximate surface area is 175 Å². The predicted molar refractivity (Wildman–Crippen MR) is 112 cm³/mol. The number of aliphatic hydroxyl groups excluding tert-OH is 2. The summed E-state index contributed by atoms with van der Waals surface area (Å²) in [6, 6.07) is 15.9. The monoisotopic (exact) mass is 440 g/mol. The molecule has 2 heterocycles. The van der Waals surface area contributed by atoms with E-state index in [1.165, 1.54) is 0 Å². The molecule has 27 heavy (non-hydrogen) atoms. The van der Waals surface area contributed by atoms with E-state index in [9.17, 15) is 0 Å². The molecule has 2 aromatic carbocycles. The van der Waals surface area contributed by atoms with Gasteiger partial charge < -0.3 is 10.2 Å². The van der Waals surface area contributed by atoms with Crippen molar-refractivity contribution in [3.05, 3.63) is 70.1 Å². The minimum absolute atomic E-state index is 0. The fourth-order valence-corrected chi connectivity index (χ4v) is 4.19. The van der Waals surface area contributed by atoms with E-state index in [-0.39, 0.29) is 16.5 Å². The van der Waals surface area contributed by atoms with Gasteiger partial charge in [0.15, 0.2) is 0 Å². The normalized spacial score (nSPS) is 11.8. The Morgan fingerprint density at radius 3 is 1.44 bits per heavy atom. The van der Waals surface area contributed by atoms with Gasteiger partial charge in [-0.05, 0) is 38.1 Å². The molecule has 142 valence electrons. The van der Waals surface area contributed by atoms with E-state index in [0.29, 0.717) is 11.5 Å². The summed E-state index contributed by atoms with van der Waals surface area (Å²) < 4.78 is 2.30. The molecule has 0 unspecified atom stereocenters. The van der Waals surface area contributed by atoms with Crippen LogP contribution in [-0.2, 0) is 16.5 Å². The van der Waals surface area contributed by atoms with Crippen LogP contribution in [0.4, 0.5) is 0 Å². The summed E-state index contributed by atoms with van der Waals surface area (Å²) in [6.45, 7) is 3.29. The van der Waals surface area contributed by atoms with Gasteiger partial charge in [0.2, 0.25) is 0 Å². The molecule has 0 saturated carbocycles. The number of fused-ring (bicyclic) bond motifs is 2. The molecule has 0 saturated heterocycles. The number of rotatable bonds is 2. The first-order chi connectivity index (χ1) is 12.5. The van der Waals surface area contributed by atoms with E-state index in [0.717, 1.165) is 30.4 Å². The van der Waals surface area contributed by atoms with Gasteiger partial charge in [0.25, 0.3) is 0 Å². The molecule has 4 aromatic rings. The molecule has 4 rings (SSSR count). The molecule has 0 aliphatic carbocycles. The Hall–Kier alpha value is -2.21. The number of benzene rings is 2. The van der Waals surface area contributed by atoms with E-state index in [4.69, 9.17) is 10.2 Å². The quantitative estimate of drug-likeness (QED) is 0.278. The molecule has 7 heteroatoms. The van der Waals surface area contributed by atoms with Gasteiger partial charge >= 0.3 is 0 Å².